The molecule has 0 aliphatic heterocycles. The van der Waals surface area contributed by atoms with Crippen molar-refractivity contribution < 1.29 is 26.2 Å². The smallest absolute Gasteiger partial charge is 0 e. The van der Waals surface area contributed by atoms with Crippen LogP contribution in [0, 0.1) is 6.92 Å². The van der Waals surface area contributed by atoms with Crippen LogP contribution < -0.4 is 0 Å². The summed E-state index contributed by atoms with van der Waals surface area (Å²) < 4.78 is 0. The van der Waals surface area contributed by atoms with Crippen molar-refractivity contribution in [3.63, 3.8) is 0 Å². The molecular weight excluding hydrogens is 319 g/mol. The Morgan fingerprint density at radius 3 is 2.45 bits per heavy atom. The topological polar surface area (TPSA) is 0 Å². The van der Waals surface area contributed by atoms with Crippen LogP contribution in [0.15, 0.2) is 48.0 Å². The fourth-order valence-corrected chi connectivity index (χ4v) is 2.90. The quantitative estimate of drug-likeness (QED) is 0.702. The zero-order chi connectivity index (χ0) is 13.2. The predicted octanol–water partition coefficient (Wildman–Crippen LogP) is 5.40. The molecule has 1 aliphatic rings. The van der Waals surface area contributed by atoms with Gasteiger partial charge in [-0.1, -0.05) is 73.0 Å². The largest absolute Gasteiger partial charge is 0.0652 e. The van der Waals surface area contributed by atoms with Crippen molar-refractivity contribution in [1.29, 1.82) is 0 Å². The van der Waals surface area contributed by atoms with Crippen LogP contribution in [0.3, 0.4) is 0 Å². The van der Waals surface area contributed by atoms with Crippen LogP contribution in [0.25, 0.3) is 17.2 Å². The van der Waals surface area contributed by atoms with Crippen LogP contribution in [0.5, 0.6) is 0 Å². The summed E-state index contributed by atoms with van der Waals surface area (Å²) in [6.07, 6.45) is 6.01. The summed E-state index contributed by atoms with van der Waals surface area (Å²) in [4.78, 5) is 0. The molecule has 0 saturated heterocycles. The minimum Gasteiger partial charge on any atom is -0.0652 e. The minimum absolute atomic E-state index is 0. The van der Waals surface area contributed by atoms with E-state index in [1.807, 2.05) is 0 Å². The second kappa shape index (κ2) is 6.68. The standard InChI is InChI=1S/C19H20.Zr/c1-3-5-15-12-17-6-4-7-18(19(17)13-15)16-10-8-14(2)9-11-16;/h4,6-11,13H,3,5,12H2,1-2H3;. The molecule has 0 radical (unpaired) electrons. The molecule has 0 nitrogen and oxygen atoms in total. The molecule has 20 heavy (non-hydrogen) atoms. The first-order chi connectivity index (χ1) is 9.28. The number of hydrogen-bond acceptors (Lipinski definition) is 0. The maximum atomic E-state index is 2.41. The molecule has 3 rings (SSSR count). The van der Waals surface area contributed by atoms with E-state index in [0.717, 1.165) is 6.42 Å². The summed E-state index contributed by atoms with van der Waals surface area (Å²) in [5, 5.41) is 0. The maximum Gasteiger partial charge on any atom is 0 e. The Morgan fingerprint density at radius 2 is 1.75 bits per heavy atom. The van der Waals surface area contributed by atoms with E-state index >= 15 is 0 Å². The Bertz CT molecular complexity index is 621. The maximum absolute atomic E-state index is 2.41. The molecular formula is C19H20Zr. The fraction of sp³-hybridized carbons (Fsp3) is 0.263. The molecule has 0 aromatic heterocycles. The number of benzene rings is 2. The Balaban J connectivity index is 0.00000147. The zero-order valence-electron chi connectivity index (χ0n) is 12.2. The molecule has 1 heteroatoms. The normalized spacial score (nSPS) is 12.6. The van der Waals surface area contributed by atoms with Gasteiger partial charge in [0.25, 0.3) is 0 Å². The Kier molecular flexibility index (Phi) is 5.16. The second-order valence-electron chi connectivity index (χ2n) is 5.47. The van der Waals surface area contributed by atoms with Crippen LogP contribution in [-0.4, -0.2) is 0 Å². The van der Waals surface area contributed by atoms with E-state index in [-0.39, 0.29) is 26.2 Å². The molecule has 0 amide bonds. The zero-order valence-corrected chi connectivity index (χ0v) is 14.7. The molecule has 2 aromatic carbocycles. The SMILES string of the molecule is CCCC1=Cc2c(cccc2-c2ccc(C)cc2)C1.[Zr]. The first-order valence-electron chi connectivity index (χ1n) is 7.16. The van der Waals surface area contributed by atoms with Crippen molar-refractivity contribution in [2.24, 2.45) is 0 Å². The van der Waals surface area contributed by atoms with Gasteiger partial charge in [0.2, 0.25) is 0 Å². The summed E-state index contributed by atoms with van der Waals surface area (Å²) in [7, 11) is 0. The van der Waals surface area contributed by atoms with Gasteiger partial charge in [0, 0.05) is 26.2 Å². The summed E-state index contributed by atoms with van der Waals surface area (Å²) in [5.74, 6) is 0. The van der Waals surface area contributed by atoms with Crippen molar-refractivity contribution in [3.8, 4) is 11.1 Å². The average molecular weight is 340 g/mol. The van der Waals surface area contributed by atoms with Gasteiger partial charge in [-0.15, -0.1) is 0 Å². The molecule has 100 valence electrons. The first-order valence-corrected chi connectivity index (χ1v) is 7.16. The minimum atomic E-state index is 0. The van der Waals surface area contributed by atoms with E-state index in [0.29, 0.717) is 0 Å². The Labute approximate surface area is 141 Å². The Hall–Kier alpha value is -0.937. The summed E-state index contributed by atoms with van der Waals surface area (Å²) >= 11 is 0. The number of rotatable bonds is 3. The van der Waals surface area contributed by atoms with Gasteiger partial charge >= 0.3 is 0 Å². The van der Waals surface area contributed by atoms with Crippen molar-refractivity contribution in [3.05, 3.63) is 64.7 Å². The Morgan fingerprint density at radius 1 is 1.00 bits per heavy atom. The third-order valence-electron chi connectivity index (χ3n) is 3.90. The van der Waals surface area contributed by atoms with Crippen LogP contribution in [0.4, 0.5) is 0 Å². The molecule has 0 unspecified atom stereocenters. The third-order valence-corrected chi connectivity index (χ3v) is 3.90. The fourth-order valence-electron chi connectivity index (χ4n) is 2.90. The molecule has 0 bridgehead atoms. The molecule has 0 N–H and O–H groups in total. The average Bonchev–Trinajstić information content (AvgIpc) is 2.82. The molecule has 0 fully saturated rings. The van der Waals surface area contributed by atoms with E-state index < -0.39 is 0 Å². The van der Waals surface area contributed by atoms with E-state index in [9.17, 15) is 0 Å². The number of aryl methyl sites for hydroxylation is 1. The molecule has 2 aromatic rings. The van der Waals surface area contributed by atoms with Gasteiger partial charge in [-0.3, -0.25) is 0 Å². The number of hydrogen-bond donors (Lipinski definition) is 0. The van der Waals surface area contributed by atoms with Crippen molar-refractivity contribution in [2.75, 3.05) is 0 Å². The molecule has 1 aliphatic carbocycles. The van der Waals surface area contributed by atoms with Crippen molar-refractivity contribution in [2.45, 2.75) is 33.1 Å². The molecule has 0 saturated carbocycles. The van der Waals surface area contributed by atoms with Gasteiger partial charge in [0.05, 0.1) is 0 Å². The molecule has 0 heterocycles. The van der Waals surface area contributed by atoms with Gasteiger partial charge in [0.1, 0.15) is 0 Å². The third kappa shape index (κ3) is 3.04. The van der Waals surface area contributed by atoms with Gasteiger partial charge in [-0.05, 0) is 42.0 Å². The van der Waals surface area contributed by atoms with Gasteiger partial charge < -0.3 is 0 Å². The van der Waals surface area contributed by atoms with E-state index in [2.05, 4.69) is 62.4 Å². The second-order valence-corrected chi connectivity index (χ2v) is 5.47. The number of allylic oxidation sites excluding steroid dienone is 1. The van der Waals surface area contributed by atoms with Crippen LogP contribution in [0.1, 0.15) is 36.5 Å². The van der Waals surface area contributed by atoms with Gasteiger partial charge in [-0.25, -0.2) is 0 Å². The first kappa shape index (κ1) is 15.5. The van der Waals surface area contributed by atoms with E-state index in [4.69, 9.17) is 0 Å². The molecule has 0 spiro atoms. The van der Waals surface area contributed by atoms with Crippen molar-refractivity contribution in [1.82, 2.24) is 0 Å². The summed E-state index contributed by atoms with van der Waals surface area (Å²) in [6.45, 7) is 4.39. The van der Waals surface area contributed by atoms with Crippen molar-refractivity contribution >= 4 is 6.08 Å². The summed E-state index contributed by atoms with van der Waals surface area (Å²) in [5.41, 5.74) is 8.53. The van der Waals surface area contributed by atoms with Crippen LogP contribution >= 0.6 is 0 Å². The van der Waals surface area contributed by atoms with E-state index in [1.165, 1.54) is 40.7 Å². The van der Waals surface area contributed by atoms with Gasteiger partial charge in [0.15, 0.2) is 0 Å². The van der Waals surface area contributed by atoms with Crippen LogP contribution in [0.2, 0.25) is 0 Å². The number of fused-ring (bicyclic) bond motifs is 1. The molecule has 0 atom stereocenters. The monoisotopic (exact) mass is 338 g/mol. The van der Waals surface area contributed by atoms with E-state index in [1.54, 1.807) is 5.57 Å². The summed E-state index contributed by atoms with van der Waals surface area (Å²) in [6, 6.07) is 15.6. The van der Waals surface area contributed by atoms with Gasteiger partial charge in [-0.2, -0.15) is 0 Å². The predicted molar refractivity (Wildman–Crippen MR) is 83.2 cm³/mol. The van der Waals surface area contributed by atoms with Crippen LogP contribution in [-0.2, 0) is 32.6 Å².